The largest absolute Gasteiger partial charge is 0.312 e. The van der Waals surface area contributed by atoms with Gasteiger partial charge in [-0.2, -0.15) is 0 Å². The van der Waals surface area contributed by atoms with E-state index in [0.717, 1.165) is 48.1 Å². The van der Waals surface area contributed by atoms with Crippen LogP contribution < -0.4 is 9.62 Å². The fourth-order valence-electron chi connectivity index (χ4n) is 4.24. The molecule has 0 saturated carbocycles. The summed E-state index contributed by atoms with van der Waals surface area (Å²) in [5.74, 6) is 0.0914. The molecule has 0 unspecified atom stereocenters. The third-order valence-corrected chi connectivity index (χ3v) is 7.29. The Morgan fingerprint density at radius 1 is 1.00 bits per heavy atom. The zero-order valence-electron chi connectivity index (χ0n) is 17.1. The molecule has 1 heterocycles. The number of hydrogen-bond donors (Lipinski definition) is 1. The minimum absolute atomic E-state index is 0.0379. The summed E-state index contributed by atoms with van der Waals surface area (Å²) >= 11 is 0. The van der Waals surface area contributed by atoms with E-state index < -0.39 is 10.0 Å². The number of nitrogens with zero attached hydrogens (tertiary/aromatic N) is 1. The number of rotatable bonds is 5. The maximum atomic E-state index is 12.8. The molecule has 1 amide bonds. The molecule has 1 aliphatic carbocycles. The molecular formula is C23H28N2O3S. The molecule has 1 N–H and O–H groups in total. The van der Waals surface area contributed by atoms with Gasteiger partial charge in [-0.3, -0.25) is 4.79 Å². The molecule has 0 aromatic heterocycles. The first kappa shape index (κ1) is 20.1. The van der Waals surface area contributed by atoms with Gasteiger partial charge in [0.1, 0.15) is 0 Å². The number of fused-ring (bicyclic) bond motifs is 2. The molecule has 6 heteroatoms. The predicted octanol–water partition coefficient (Wildman–Crippen LogP) is 3.59. The molecule has 0 spiro atoms. The van der Waals surface area contributed by atoms with Gasteiger partial charge in [0.25, 0.3) is 0 Å². The number of carbonyl (C=O) groups excluding carboxylic acids is 1. The predicted molar refractivity (Wildman–Crippen MR) is 114 cm³/mol. The summed E-state index contributed by atoms with van der Waals surface area (Å²) in [6, 6.07) is 11.3. The summed E-state index contributed by atoms with van der Waals surface area (Å²) < 4.78 is 28.3. The van der Waals surface area contributed by atoms with E-state index in [1.807, 2.05) is 49.1 Å². The van der Waals surface area contributed by atoms with Crippen LogP contribution in [-0.2, 0) is 40.6 Å². The van der Waals surface area contributed by atoms with Gasteiger partial charge in [-0.15, -0.1) is 0 Å². The first-order valence-corrected chi connectivity index (χ1v) is 11.9. The maximum Gasteiger partial charge on any atom is 0.240 e. The van der Waals surface area contributed by atoms with Crippen LogP contribution in [0, 0.1) is 5.92 Å². The lowest BCUT2D eigenvalue weighted by Gasteiger charge is -2.19. The lowest BCUT2D eigenvalue weighted by molar-refractivity contribution is -0.121. The van der Waals surface area contributed by atoms with E-state index in [0.29, 0.717) is 11.4 Å². The second-order valence-corrected chi connectivity index (χ2v) is 10.1. The SMILES string of the molecule is CC(C)C(=O)N1CCc2cc(CNS(=O)(=O)c3ccc4c(c3)CCCC4)ccc21. The van der Waals surface area contributed by atoms with Crippen LogP contribution in [0.4, 0.5) is 5.69 Å². The molecule has 154 valence electrons. The fourth-order valence-corrected chi connectivity index (χ4v) is 5.31. The Bertz CT molecular complexity index is 1040. The number of hydrogen-bond acceptors (Lipinski definition) is 3. The van der Waals surface area contributed by atoms with Crippen molar-refractivity contribution in [2.24, 2.45) is 5.92 Å². The van der Waals surface area contributed by atoms with Gasteiger partial charge in [-0.25, -0.2) is 13.1 Å². The molecule has 2 aromatic carbocycles. The first-order chi connectivity index (χ1) is 13.8. The molecule has 29 heavy (non-hydrogen) atoms. The standard InChI is InChI=1S/C23H28N2O3S/c1-16(2)23(26)25-12-11-20-13-17(7-10-22(20)25)15-24-29(27,28)21-9-8-18-5-3-4-6-19(18)14-21/h7-10,13-14,16,24H,3-6,11-12,15H2,1-2H3. The Balaban J connectivity index is 1.47. The Labute approximate surface area is 173 Å². The molecule has 1 aliphatic heterocycles. The van der Waals surface area contributed by atoms with Crippen molar-refractivity contribution in [3.05, 3.63) is 58.7 Å². The van der Waals surface area contributed by atoms with Gasteiger partial charge in [0.15, 0.2) is 0 Å². The molecule has 0 bridgehead atoms. The minimum atomic E-state index is -3.56. The maximum absolute atomic E-state index is 12.8. The normalized spacial score (nSPS) is 16.0. The second-order valence-electron chi connectivity index (χ2n) is 8.32. The molecule has 2 aromatic rings. The van der Waals surface area contributed by atoms with Crippen molar-refractivity contribution in [1.29, 1.82) is 0 Å². The van der Waals surface area contributed by atoms with Crippen molar-refractivity contribution >= 4 is 21.6 Å². The Kier molecular flexibility index (Phi) is 5.49. The minimum Gasteiger partial charge on any atom is -0.312 e. The smallest absolute Gasteiger partial charge is 0.240 e. The highest BCUT2D eigenvalue weighted by Crippen LogP contribution is 2.30. The summed E-state index contributed by atoms with van der Waals surface area (Å²) in [5, 5.41) is 0. The van der Waals surface area contributed by atoms with E-state index in [1.165, 1.54) is 12.0 Å². The molecular weight excluding hydrogens is 384 g/mol. The Morgan fingerprint density at radius 3 is 2.52 bits per heavy atom. The van der Waals surface area contributed by atoms with Gasteiger partial charge in [0.05, 0.1) is 4.90 Å². The van der Waals surface area contributed by atoms with E-state index in [-0.39, 0.29) is 18.4 Å². The number of nitrogens with one attached hydrogen (secondary N) is 1. The monoisotopic (exact) mass is 412 g/mol. The summed E-state index contributed by atoms with van der Waals surface area (Å²) in [4.78, 5) is 14.5. The van der Waals surface area contributed by atoms with E-state index in [1.54, 1.807) is 6.07 Å². The zero-order valence-corrected chi connectivity index (χ0v) is 17.9. The van der Waals surface area contributed by atoms with E-state index in [9.17, 15) is 13.2 Å². The van der Waals surface area contributed by atoms with Gasteiger partial charge >= 0.3 is 0 Å². The third kappa shape index (κ3) is 4.09. The third-order valence-electron chi connectivity index (χ3n) is 5.90. The van der Waals surface area contributed by atoms with Crippen molar-refractivity contribution in [1.82, 2.24) is 4.72 Å². The van der Waals surface area contributed by atoms with Crippen LogP contribution >= 0.6 is 0 Å². The fraction of sp³-hybridized carbons (Fsp3) is 0.435. The number of anilines is 1. The zero-order chi connectivity index (χ0) is 20.6. The quantitative estimate of drug-likeness (QED) is 0.816. The summed E-state index contributed by atoms with van der Waals surface area (Å²) in [7, 11) is -3.56. The molecule has 4 rings (SSSR count). The van der Waals surface area contributed by atoms with Crippen molar-refractivity contribution in [2.75, 3.05) is 11.4 Å². The van der Waals surface area contributed by atoms with Gasteiger partial charge in [-0.05, 0) is 72.6 Å². The van der Waals surface area contributed by atoms with Crippen LogP contribution in [0.25, 0.3) is 0 Å². The number of amides is 1. The van der Waals surface area contributed by atoms with Gasteiger partial charge < -0.3 is 4.90 Å². The molecule has 0 atom stereocenters. The van der Waals surface area contributed by atoms with Crippen molar-refractivity contribution in [2.45, 2.75) is 57.4 Å². The molecule has 2 aliphatic rings. The average molecular weight is 413 g/mol. The van der Waals surface area contributed by atoms with Crippen LogP contribution in [0.1, 0.15) is 48.9 Å². The number of benzene rings is 2. The van der Waals surface area contributed by atoms with E-state index in [4.69, 9.17) is 0 Å². The Morgan fingerprint density at radius 2 is 1.76 bits per heavy atom. The van der Waals surface area contributed by atoms with E-state index in [2.05, 4.69) is 4.72 Å². The van der Waals surface area contributed by atoms with Gasteiger partial charge in [0.2, 0.25) is 15.9 Å². The van der Waals surface area contributed by atoms with Crippen LogP contribution in [0.3, 0.4) is 0 Å². The molecule has 0 radical (unpaired) electrons. The lowest BCUT2D eigenvalue weighted by Crippen LogP contribution is -2.32. The Hall–Kier alpha value is -2.18. The van der Waals surface area contributed by atoms with Crippen molar-refractivity contribution in [3.8, 4) is 0 Å². The summed E-state index contributed by atoms with van der Waals surface area (Å²) in [5.41, 5.74) is 5.39. The molecule has 0 fully saturated rings. The van der Waals surface area contributed by atoms with Crippen molar-refractivity contribution < 1.29 is 13.2 Å². The van der Waals surface area contributed by atoms with Crippen molar-refractivity contribution in [3.63, 3.8) is 0 Å². The molecule has 0 saturated heterocycles. The summed E-state index contributed by atoms with van der Waals surface area (Å²) in [6.45, 7) is 4.75. The number of carbonyl (C=O) groups is 1. The molecule has 5 nitrogen and oxygen atoms in total. The first-order valence-electron chi connectivity index (χ1n) is 10.4. The highest BCUT2D eigenvalue weighted by atomic mass is 32.2. The number of aryl methyl sites for hydroxylation is 2. The van der Waals surface area contributed by atoms with Crippen LogP contribution in [0.15, 0.2) is 41.3 Å². The average Bonchev–Trinajstić information content (AvgIpc) is 3.14. The second kappa shape index (κ2) is 7.92. The van der Waals surface area contributed by atoms with Gasteiger partial charge in [-0.1, -0.05) is 32.0 Å². The topological polar surface area (TPSA) is 66.5 Å². The van der Waals surface area contributed by atoms with Crippen LogP contribution in [0.5, 0.6) is 0 Å². The van der Waals surface area contributed by atoms with Gasteiger partial charge in [0, 0.05) is 24.7 Å². The van der Waals surface area contributed by atoms with E-state index >= 15 is 0 Å². The number of sulfonamides is 1. The van der Waals surface area contributed by atoms with Crippen LogP contribution in [0.2, 0.25) is 0 Å². The van der Waals surface area contributed by atoms with Crippen LogP contribution in [-0.4, -0.2) is 20.9 Å². The summed E-state index contributed by atoms with van der Waals surface area (Å²) in [6.07, 6.45) is 5.09. The highest BCUT2D eigenvalue weighted by Gasteiger charge is 2.26. The highest BCUT2D eigenvalue weighted by molar-refractivity contribution is 7.89. The lowest BCUT2D eigenvalue weighted by atomic mass is 9.92.